The highest BCUT2D eigenvalue weighted by molar-refractivity contribution is 7.99. The lowest BCUT2D eigenvalue weighted by molar-refractivity contribution is -0.119. The second kappa shape index (κ2) is 8.12. The van der Waals surface area contributed by atoms with Gasteiger partial charge in [0.2, 0.25) is 5.91 Å². The number of ether oxygens (including phenoxy) is 1. The molecule has 0 aliphatic carbocycles. The maximum Gasteiger partial charge on any atom is 0.341 e. The molecule has 1 amide bonds. The van der Waals surface area contributed by atoms with Crippen LogP contribution in [0.3, 0.4) is 0 Å². The maximum absolute atomic E-state index is 11.7. The Hall–Kier alpha value is -1.43. The van der Waals surface area contributed by atoms with Gasteiger partial charge >= 0.3 is 5.97 Å². The highest BCUT2D eigenvalue weighted by Crippen LogP contribution is 2.20. The largest absolute Gasteiger partial charge is 0.465 e. The second-order valence-corrected chi connectivity index (χ2v) is 6.25. The van der Waals surface area contributed by atoms with Crippen LogP contribution in [0.25, 0.3) is 0 Å². The Kier molecular flexibility index (Phi) is 6.81. The van der Waals surface area contributed by atoms with E-state index in [1.54, 1.807) is 13.0 Å². The fourth-order valence-electron chi connectivity index (χ4n) is 1.63. The number of furan rings is 1. The van der Waals surface area contributed by atoms with E-state index in [1.165, 1.54) is 18.9 Å². The first-order valence-electron chi connectivity index (χ1n) is 6.89. The van der Waals surface area contributed by atoms with Crippen molar-refractivity contribution in [3.05, 3.63) is 23.2 Å². The summed E-state index contributed by atoms with van der Waals surface area (Å²) in [6.07, 6.45) is 0. The van der Waals surface area contributed by atoms with Crippen molar-refractivity contribution in [3.63, 3.8) is 0 Å². The van der Waals surface area contributed by atoms with Gasteiger partial charge in [0, 0.05) is 6.04 Å². The Morgan fingerprint density at radius 2 is 2.05 bits per heavy atom. The van der Waals surface area contributed by atoms with Gasteiger partial charge in [-0.3, -0.25) is 4.79 Å². The molecule has 21 heavy (non-hydrogen) atoms. The minimum Gasteiger partial charge on any atom is -0.465 e. The molecule has 6 heteroatoms. The van der Waals surface area contributed by atoms with Gasteiger partial charge in [0.25, 0.3) is 0 Å². The van der Waals surface area contributed by atoms with Crippen LogP contribution < -0.4 is 5.32 Å². The maximum atomic E-state index is 11.7. The zero-order chi connectivity index (χ0) is 16.0. The SMILES string of the molecule is COC(=O)c1cc(CSCC(=O)N[C@@H](C)C(C)C)oc1C. The number of nitrogens with one attached hydrogen (secondary N) is 1. The van der Waals surface area contributed by atoms with Crippen molar-refractivity contribution in [2.75, 3.05) is 12.9 Å². The summed E-state index contributed by atoms with van der Waals surface area (Å²) in [5.74, 6) is 2.13. The Labute approximate surface area is 129 Å². The Balaban J connectivity index is 2.43. The molecular formula is C15H23NO4S. The molecule has 0 unspecified atom stereocenters. The average molecular weight is 313 g/mol. The monoisotopic (exact) mass is 313 g/mol. The van der Waals surface area contributed by atoms with E-state index in [4.69, 9.17) is 4.42 Å². The minimum atomic E-state index is -0.406. The second-order valence-electron chi connectivity index (χ2n) is 5.27. The zero-order valence-electron chi connectivity index (χ0n) is 13.2. The van der Waals surface area contributed by atoms with Crippen molar-refractivity contribution >= 4 is 23.6 Å². The van der Waals surface area contributed by atoms with Crippen LogP contribution in [0.15, 0.2) is 10.5 Å². The topological polar surface area (TPSA) is 68.5 Å². The summed E-state index contributed by atoms with van der Waals surface area (Å²) in [5.41, 5.74) is 0.436. The molecule has 1 heterocycles. The van der Waals surface area contributed by atoms with Crippen LogP contribution in [-0.4, -0.2) is 30.8 Å². The zero-order valence-corrected chi connectivity index (χ0v) is 14.0. The van der Waals surface area contributed by atoms with Crippen molar-refractivity contribution < 1.29 is 18.7 Å². The number of rotatable bonds is 7. The first-order chi connectivity index (χ1) is 9.85. The van der Waals surface area contributed by atoms with E-state index in [2.05, 4.69) is 23.9 Å². The molecule has 1 aromatic rings. The van der Waals surface area contributed by atoms with Gasteiger partial charge in [-0.25, -0.2) is 4.79 Å². The molecule has 0 bridgehead atoms. The van der Waals surface area contributed by atoms with E-state index in [-0.39, 0.29) is 11.9 Å². The van der Waals surface area contributed by atoms with Crippen LogP contribution in [0.5, 0.6) is 0 Å². The summed E-state index contributed by atoms with van der Waals surface area (Å²) in [6, 6.07) is 1.83. The third-order valence-corrected chi connectivity index (χ3v) is 4.20. The van der Waals surface area contributed by atoms with Gasteiger partial charge < -0.3 is 14.5 Å². The van der Waals surface area contributed by atoms with Gasteiger partial charge in [-0.2, -0.15) is 0 Å². The summed E-state index contributed by atoms with van der Waals surface area (Å²) >= 11 is 1.45. The molecule has 0 fully saturated rings. The highest BCUT2D eigenvalue weighted by atomic mass is 32.2. The number of carbonyl (C=O) groups excluding carboxylic acids is 2. The number of carbonyl (C=O) groups is 2. The Morgan fingerprint density at radius 1 is 1.38 bits per heavy atom. The first kappa shape index (κ1) is 17.6. The van der Waals surface area contributed by atoms with E-state index in [0.717, 1.165) is 0 Å². The number of aryl methyl sites for hydroxylation is 1. The molecule has 0 aliphatic heterocycles. The van der Waals surface area contributed by atoms with Gasteiger partial charge in [-0.1, -0.05) is 13.8 Å². The van der Waals surface area contributed by atoms with Gasteiger partial charge in [0.1, 0.15) is 17.1 Å². The third-order valence-electron chi connectivity index (χ3n) is 3.24. The van der Waals surface area contributed by atoms with Crippen molar-refractivity contribution in [3.8, 4) is 0 Å². The molecule has 1 N–H and O–H groups in total. The molecule has 5 nitrogen and oxygen atoms in total. The Bertz CT molecular complexity index is 496. The summed E-state index contributed by atoms with van der Waals surface area (Å²) in [4.78, 5) is 23.2. The number of esters is 1. The highest BCUT2D eigenvalue weighted by Gasteiger charge is 2.16. The van der Waals surface area contributed by atoms with Crippen LogP contribution in [0.1, 0.15) is 42.6 Å². The first-order valence-corrected chi connectivity index (χ1v) is 8.05. The molecule has 0 aromatic carbocycles. The average Bonchev–Trinajstić information content (AvgIpc) is 2.78. The van der Waals surface area contributed by atoms with Crippen molar-refractivity contribution in [1.82, 2.24) is 5.32 Å². The molecule has 0 radical (unpaired) electrons. The molecule has 0 aliphatic rings. The lowest BCUT2D eigenvalue weighted by Crippen LogP contribution is -2.37. The molecule has 118 valence electrons. The normalized spacial score (nSPS) is 12.3. The standard InChI is InChI=1S/C15H23NO4S/c1-9(2)10(3)16-14(17)8-21-7-12-6-13(11(4)20-12)15(18)19-5/h6,9-10H,7-8H2,1-5H3,(H,16,17)/t10-/m0/s1. The molecule has 1 aromatic heterocycles. The number of methoxy groups -OCH3 is 1. The van der Waals surface area contributed by atoms with E-state index in [0.29, 0.717) is 34.5 Å². The van der Waals surface area contributed by atoms with Crippen LogP contribution in [0.4, 0.5) is 0 Å². The molecule has 0 saturated heterocycles. The summed E-state index contributed by atoms with van der Waals surface area (Å²) in [6.45, 7) is 7.85. The predicted octanol–water partition coefficient (Wildman–Crippen LogP) is 2.77. The quantitative estimate of drug-likeness (QED) is 0.784. The van der Waals surface area contributed by atoms with E-state index >= 15 is 0 Å². The van der Waals surface area contributed by atoms with Crippen LogP contribution in [-0.2, 0) is 15.3 Å². The van der Waals surface area contributed by atoms with Crippen LogP contribution >= 0.6 is 11.8 Å². The predicted molar refractivity (Wildman–Crippen MR) is 83.4 cm³/mol. The molecule has 0 spiro atoms. The van der Waals surface area contributed by atoms with E-state index < -0.39 is 5.97 Å². The van der Waals surface area contributed by atoms with Crippen molar-refractivity contribution in [1.29, 1.82) is 0 Å². The molecule has 1 rings (SSSR count). The number of thioether (sulfide) groups is 1. The fourth-order valence-corrected chi connectivity index (χ4v) is 2.35. The van der Waals surface area contributed by atoms with Gasteiger partial charge in [0.05, 0.1) is 18.6 Å². The molecule has 0 saturated carbocycles. The van der Waals surface area contributed by atoms with Gasteiger partial charge in [0.15, 0.2) is 0 Å². The summed E-state index contributed by atoms with van der Waals surface area (Å²) < 4.78 is 10.2. The Morgan fingerprint density at radius 3 is 2.62 bits per heavy atom. The van der Waals surface area contributed by atoms with Crippen LogP contribution in [0.2, 0.25) is 0 Å². The van der Waals surface area contributed by atoms with E-state index in [9.17, 15) is 9.59 Å². The minimum absolute atomic E-state index is 0.0117. The number of hydrogen-bond donors (Lipinski definition) is 1. The fraction of sp³-hybridized carbons (Fsp3) is 0.600. The van der Waals surface area contributed by atoms with Crippen molar-refractivity contribution in [2.24, 2.45) is 5.92 Å². The van der Waals surface area contributed by atoms with Gasteiger partial charge in [-0.05, 0) is 25.8 Å². The summed E-state index contributed by atoms with van der Waals surface area (Å²) in [5, 5.41) is 2.95. The smallest absolute Gasteiger partial charge is 0.341 e. The van der Waals surface area contributed by atoms with E-state index in [1.807, 2.05) is 6.92 Å². The number of hydrogen-bond acceptors (Lipinski definition) is 5. The van der Waals surface area contributed by atoms with Gasteiger partial charge in [-0.15, -0.1) is 11.8 Å². The van der Waals surface area contributed by atoms with Crippen LogP contribution in [0, 0.1) is 12.8 Å². The number of amides is 1. The lowest BCUT2D eigenvalue weighted by Gasteiger charge is -2.17. The van der Waals surface area contributed by atoms with Crippen molar-refractivity contribution in [2.45, 2.75) is 39.5 Å². The molecular weight excluding hydrogens is 290 g/mol. The molecule has 1 atom stereocenters. The summed E-state index contributed by atoms with van der Waals surface area (Å²) in [7, 11) is 1.34. The third kappa shape index (κ3) is 5.46. The lowest BCUT2D eigenvalue weighted by atomic mass is 10.1.